The molecule has 0 bridgehead atoms. The van der Waals surface area contributed by atoms with Crippen LogP contribution >= 0.6 is 0 Å². The van der Waals surface area contributed by atoms with E-state index in [1.807, 2.05) is 26.0 Å². The lowest BCUT2D eigenvalue weighted by Crippen LogP contribution is -2.26. The Morgan fingerprint density at radius 3 is 2.86 bits per heavy atom. The molecule has 1 aromatic heterocycles. The Morgan fingerprint density at radius 2 is 2.19 bits per heavy atom. The second-order valence-corrected chi connectivity index (χ2v) is 4.63. The summed E-state index contributed by atoms with van der Waals surface area (Å²) in [6.45, 7) is 5.21. The van der Waals surface area contributed by atoms with Crippen molar-refractivity contribution in [2.24, 2.45) is 0 Å². The maximum atomic E-state index is 11.8. The third-order valence-corrected chi connectivity index (χ3v) is 3.03. The molecule has 5 heteroatoms. The molecule has 1 heterocycles. The van der Waals surface area contributed by atoms with Crippen LogP contribution in [0.1, 0.15) is 28.5 Å². The summed E-state index contributed by atoms with van der Waals surface area (Å²) in [5, 5.41) is 2.83. The number of carbonyl (C=O) groups excluding carboxylic acids is 1. The zero-order valence-corrected chi connectivity index (χ0v) is 12.3. The monoisotopic (exact) mass is 285 g/mol. The smallest absolute Gasteiger partial charge is 0.271 e. The Hall–Kier alpha value is -2.43. The zero-order valence-electron chi connectivity index (χ0n) is 12.3. The molecule has 0 aliphatic carbocycles. The molecule has 0 fully saturated rings. The fourth-order valence-corrected chi connectivity index (χ4v) is 2.01. The standard InChI is InChI=1S/C16H19N3O2/c1-3-21-15-5-4-13(10-12(15)2)6-7-19-16(20)14-11-17-8-9-18-14/h4-5,8-11H,3,6-7H2,1-2H3,(H,19,20). The third kappa shape index (κ3) is 4.27. The minimum absolute atomic E-state index is 0.203. The topological polar surface area (TPSA) is 64.1 Å². The Kier molecular flexibility index (Phi) is 5.26. The van der Waals surface area contributed by atoms with Crippen LogP contribution in [0.2, 0.25) is 0 Å². The first-order chi connectivity index (χ1) is 10.2. The molecule has 5 nitrogen and oxygen atoms in total. The van der Waals surface area contributed by atoms with E-state index in [1.54, 1.807) is 6.20 Å². The van der Waals surface area contributed by atoms with Gasteiger partial charge in [0.15, 0.2) is 0 Å². The highest BCUT2D eigenvalue weighted by molar-refractivity contribution is 5.91. The van der Waals surface area contributed by atoms with Crippen molar-refractivity contribution in [2.45, 2.75) is 20.3 Å². The normalized spacial score (nSPS) is 10.2. The Labute approximate surface area is 124 Å². The summed E-state index contributed by atoms with van der Waals surface area (Å²) in [7, 11) is 0. The molecular formula is C16H19N3O2. The Bertz CT molecular complexity index is 600. The van der Waals surface area contributed by atoms with Gasteiger partial charge < -0.3 is 10.1 Å². The molecule has 1 aromatic carbocycles. The SMILES string of the molecule is CCOc1ccc(CCNC(=O)c2cnccn2)cc1C. The summed E-state index contributed by atoms with van der Waals surface area (Å²) in [5.41, 5.74) is 2.60. The minimum Gasteiger partial charge on any atom is -0.494 e. The van der Waals surface area contributed by atoms with Crippen LogP contribution in [-0.4, -0.2) is 29.0 Å². The maximum absolute atomic E-state index is 11.8. The van der Waals surface area contributed by atoms with Crippen molar-refractivity contribution in [1.29, 1.82) is 0 Å². The van der Waals surface area contributed by atoms with E-state index >= 15 is 0 Å². The van der Waals surface area contributed by atoms with Crippen LogP contribution < -0.4 is 10.1 Å². The number of hydrogen-bond acceptors (Lipinski definition) is 4. The lowest BCUT2D eigenvalue weighted by atomic mass is 10.1. The minimum atomic E-state index is -0.203. The number of ether oxygens (including phenoxy) is 1. The number of aryl methyl sites for hydroxylation is 1. The van der Waals surface area contributed by atoms with Crippen molar-refractivity contribution in [3.63, 3.8) is 0 Å². The molecule has 0 spiro atoms. The number of nitrogens with one attached hydrogen (secondary N) is 1. The molecule has 0 atom stereocenters. The van der Waals surface area contributed by atoms with Crippen LogP contribution in [-0.2, 0) is 6.42 Å². The molecule has 2 rings (SSSR count). The fourth-order valence-electron chi connectivity index (χ4n) is 2.01. The molecule has 2 aromatic rings. The molecule has 0 saturated carbocycles. The first-order valence-electron chi connectivity index (χ1n) is 6.97. The van der Waals surface area contributed by atoms with E-state index in [0.717, 1.165) is 23.3 Å². The van der Waals surface area contributed by atoms with Crippen molar-refractivity contribution in [2.75, 3.05) is 13.2 Å². The number of benzene rings is 1. The van der Waals surface area contributed by atoms with Crippen molar-refractivity contribution in [3.05, 3.63) is 53.6 Å². The van der Waals surface area contributed by atoms with Gasteiger partial charge in [0.2, 0.25) is 0 Å². The van der Waals surface area contributed by atoms with E-state index in [-0.39, 0.29) is 5.91 Å². The second kappa shape index (κ2) is 7.38. The van der Waals surface area contributed by atoms with E-state index in [4.69, 9.17) is 4.74 Å². The molecule has 1 amide bonds. The van der Waals surface area contributed by atoms with Crippen LogP contribution in [0, 0.1) is 6.92 Å². The van der Waals surface area contributed by atoms with E-state index in [9.17, 15) is 4.79 Å². The van der Waals surface area contributed by atoms with Crippen LogP contribution in [0.4, 0.5) is 0 Å². The van der Waals surface area contributed by atoms with Crippen LogP contribution in [0.25, 0.3) is 0 Å². The van der Waals surface area contributed by atoms with Crippen molar-refractivity contribution in [1.82, 2.24) is 15.3 Å². The number of amides is 1. The van der Waals surface area contributed by atoms with Crippen molar-refractivity contribution >= 4 is 5.91 Å². The van der Waals surface area contributed by atoms with Gasteiger partial charge in [-0.15, -0.1) is 0 Å². The van der Waals surface area contributed by atoms with Crippen molar-refractivity contribution < 1.29 is 9.53 Å². The van der Waals surface area contributed by atoms with E-state index in [0.29, 0.717) is 18.8 Å². The number of carbonyl (C=O) groups is 1. The highest BCUT2D eigenvalue weighted by Crippen LogP contribution is 2.19. The molecule has 0 aliphatic heterocycles. The average molecular weight is 285 g/mol. The van der Waals surface area contributed by atoms with Gasteiger partial charge in [0.05, 0.1) is 12.8 Å². The van der Waals surface area contributed by atoms with Gasteiger partial charge >= 0.3 is 0 Å². The zero-order chi connectivity index (χ0) is 15.1. The highest BCUT2D eigenvalue weighted by atomic mass is 16.5. The van der Waals surface area contributed by atoms with Crippen LogP contribution in [0.15, 0.2) is 36.8 Å². The van der Waals surface area contributed by atoms with E-state index < -0.39 is 0 Å². The highest BCUT2D eigenvalue weighted by Gasteiger charge is 2.06. The van der Waals surface area contributed by atoms with Gasteiger partial charge in [-0.25, -0.2) is 4.98 Å². The lowest BCUT2D eigenvalue weighted by Gasteiger charge is -2.09. The molecule has 0 aliphatic rings. The summed E-state index contributed by atoms with van der Waals surface area (Å²) < 4.78 is 5.51. The van der Waals surface area contributed by atoms with Gasteiger partial charge in [0, 0.05) is 18.9 Å². The molecule has 110 valence electrons. The van der Waals surface area contributed by atoms with Gasteiger partial charge in [-0.05, 0) is 37.5 Å². The first kappa shape index (κ1) is 15.0. The quantitative estimate of drug-likeness (QED) is 0.883. The summed E-state index contributed by atoms with van der Waals surface area (Å²) in [6.07, 6.45) is 5.26. The fraction of sp³-hybridized carbons (Fsp3) is 0.312. The van der Waals surface area contributed by atoms with Crippen LogP contribution in [0.5, 0.6) is 5.75 Å². The van der Waals surface area contributed by atoms with E-state index in [1.165, 1.54) is 12.4 Å². The largest absolute Gasteiger partial charge is 0.494 e. The predicted molar refractivity (Wildman–Crippen MR) is 80.4 cm³/mol. The first-order valence-corrected chi connectivity index (χ1v) is 6.97. The molecular weight excluding hydrogens is 266 g/mol. The molecule has 21 heavy (non-hydrogen) atoms. The number of rotatable bonds is 6. The number of aromatic nitrogens is 2. The van der Waals surface area contributed by atoms with Gasteiger partial charge in [-0.2, -0.15) is 0 Å². The average Bonchev–Trinajstić information content (AvgIpc) is 2.51. The Balaban J connectivity index is 1.86. The van der Waals surface area contributed by atoms with E-state index in [2.05, 4.69) is 21.4 Å². The predicted octanol–water partition coefficient (Wildman–Crippen LogP) is 2.16. The lowest BCUT2D eigenvalue weighted by molar-refractivity contribution is 0.0948. The molecule has 0 radical (unpaired) electrons. The van der Waals surface area contributed by atoms with Crippen molar-refractivity contribution in [3.8, 4) is 5.75 Å². The number of nitrogens with zero attached hydrogens (tertiary/aromatic N) is 2. The van der Waals surface area contributed by atoms with Gasteiger partial charge in [-0.3, -0.25) is 9.78 Å². The number of hydrogen-bond donors (Lipinski definition) is 1. The molecule has 1 N–H and O–H groups in total. The third-order valence-electron chi connectivity index (χ3n) is 3.03. The van der Waals surface area contributed by atoms with Crippen LogP contribution in [0.3, 0.4) is 0 Å². The second-order valence-electron chi connectivity index (χ2n) is 4.63. The molecule has 0 unspecified atom stereocenters. The van der Waals surface area contributed by atoms with Gasteiger partial charge in [-0.1, -0.05) is 12.1 Å². The summed E-state index contributed by atoms with van der Waals surface area (Å²) >= 11 is 0. The molecule has 0 saturated heterocycles. The van der Waals surface area contributed by atoms with Gasteiger partial charge in [0.1, 0.15) is 11.4 Å². The van der Waals surface area contributed by atoms with Gasteiger partial charge in [0.25, 0.3) is 5.91 Å². The maximum Gasteiger partial charge on any atom is 0.271 e. The summed E-state index contributed by atoms with van der Waals surface area (Å²) in [4.78, 5) is 19.6. The summed E-state index contributed by atoms with van der Waals surface area (Å²) in [6, 6.07) is 6.07. The Morgan fingerprint density at radius 1 is 1.33 bits per heavy atom. The summed E-state index contributed by atoms with van der Waals surface area (Å²) in [5.74, 6) is 0.704.